The monoisotopic (exact) mass is 409 g/mol. The lowest BCUT2D eigenvalue weighted by atomic mass is 10.1. The van der Waals surface area contributed by atoms with Crippen LogP contribution >= 0.6 is 0 Å². The molecule has 0 bridgehead atoms. The third kappa shape index (κ3) is 4.30. The molecule has 0 aliphatic carbocycles. The van der Waals surface area contributed by atoms with Crippen LogP contribution in [0.15, 0.2) is 59.4 Å². The maximum Gasteiger partial charge on any atom is 0.275 e. The molecule has 0 aliphatic rings. The molecule has 2 N–H and O–H groups in total. The van der Waals surface area contributed by atoms with Crippen LogP contribution in [0.3, 0.4) is 0 Å². The number of ether oxygens (including phenoxy) is 2. The van der Waals surface area contributed by atoms with E-state index < -0.39 is 22.9 Å². The number of Topliss-reactive ketones (excluding diaryl/α,β-unsaturated/α-hetero) is 1. The van der Waals surface area contributed by atoms with Crippen LogP contribution in [0.5, 0.6) is 17.2 Å². The first kappa shape index (κ1) is 20.6. The molecule has 0 unspecified atom stereocenters. The zero-order chi connectivity index (χ0) is 21.7. The Morgan fingerprint density at radius 3 is 2.43 bits per heavy atom. The van der Waals surface area contributed by atoms with Gasteiger partial charge in [0.05, 0.1) is 20.8 Å². The molecule has 3 rings (SSSR count). The predicted molar refractivity (Wildman–Crippen MR) is 108 cm³/mol. The van der Waals surface area contributed by atoms with E-state index in [4.69, 9.17) is 9.47 Å². The van der Waals surface area contributed by atoms with Crippen LogP contribution in [-0.2, 0) is 0 Å². The fourth-order valence-corrected chi connectivity index (χ4v) is 2.71. The smallest absolute Gasteiger partial charge is 0.275 e. The molecule has 1 heterocycles. The van der Waals surface area contributed by atoms with Crippen molar-refractivity contribution >= 4 is 11.7 Å². The summed E-state index contributed by atoms with van der Waals surface area (Å²) in [6, 6.07) is 13.9. The Balaban J connectivity index is 1.82. The van der Waals surface area contributed by atoms with Crippen LogP contribution in [0, 0.1) is 0 Å². The lowest BCUT2D eigenvalue weighted by molar-refractivity contribution is 0.0897. The summed E-state index contributed by atoms with van der Waals surface area (Å²) in [5.41, 5.74) is -0.369. The first-order chi connectivity index (χ1) is 14.4. The van der Waals surface area contributed by atoms with Gasteiger partial charge in [-0.2, -0.15) is 9.78 Å². The molecule has 1 aromatic heterocycles. The summed E-state index contributed by atoms with van der Waals surface area (Å²) in [7, 11) is 2.95. The van der Waals surface area contributed by atoms with E-state index in [1.807, 2.05) is 0 Å². The average Bonchev–Trinajstić information content (AvgIpc) is 2.77. The summed E-state index contributed by atoms with van der Waals surface area (Å²) in [6.45, 7) is -0.319. The molecule has 0 saturated carbocycles. The number of aromatic nitrogens is 2. The predicted octanol–water partition coefficient (Wildman–Crippen LogP) is 1.57. The summed E-state index contributed by atoms with van der Waals surface area (Å²) in [4.78, 5) is 37.1. The molecule has 0 spiro atoms. The van der Waals surface area contributed by atoms with Gasteiger partial charge in [-0.3, -0.25) is 14.4 Å². The number of benzene rings is 2. The second-order valence-corrected chi connectivity index (χ2v) is 6.13. The van der Waals surface area contributed by atoms with Gasteiger partial charge in [0.1, 0.15) is 17.2 Å². The molecule has 1 amide bonds. The standard InChI is InChI=1S/C21H19N3O6/c1-29-14-9-7-13(8-10-14)17(26)12-22-21(28)20-16(25)11-19(27)24(23-20)15-5-3-4-6-18(15)30-2/h3-11,25H,12H2,1-2H3,(H,22,28). The molecule has 9 nitrogen and oxygen atoms in total. The Labute approximate surface area is 171 Å². The van der Waals surface area contributed by atoms with Crippen molar-refractivity contribution in [2.45, 2.75) is 0 Å². The summed E-state index contributed by atoms with van der Waals surface area (Å²) in [5.74, 6) is -0.788. The Hall–Kier alpha value is -4.14. The molecule has 3 aromatic rings. The number of carbonyl (C=O) groups excluding carboxylic acids is 2. The van der Waals surface area contributed by atoms with Crippen LogP contribution in [0.4, 0.5) is 0 Å². The summed E-state index contributed by atoms with van der Waals surface area (Å²) >= 11 is 0. The molecule has 0 saturated heterocycles. The molecule has 0 fully saturated rings. The highest BCUT2D eigenvalue weighted by atomic mass is 16.5. The number of hydrogen-bond acceptors (Lipinski definition) is 7. The molecule has 0 radical (unpaired) electrons. The lowest BCUT2D eigenvalue weighted by Crippen LogP contribution is -2.32. The Morgan fingerprint density at radius 2 is 1.77 bits per heavy atom. The van der Waals surface area contributed by atoms with E-state index in [9.17, 15) is 19.5 Å². The number of nitrogens with one attached hydrogen (secondary N) is 1. The number of ketones is 1. The number of nitrogens with zero attached hydrogens (tertiary/aromatic N) is 2. The van der Waals surface area contributed by atoms with Crippen molar-refractivity contribution in [1.82, 2.24) is 15.1 Å². The Bertz CT molecular complexity index is 1140. The van der Waals surface area contributed by atoms with Gasteiger partial charge in [-0.1, -0.05) is 12.1 Å². The lowest BCUT2D eigenvalue weighted by Gasteiger charge is -2.12. The summed E-state index contributed by atoms with van der Waals surface area (Å²) < 4.78 is 11.2. The SMILES string of the molecule is COc1ccc(C(=O)CNC(=O)c2nn(-c3ccccc3OC)c(=O)cc2O)cc1. The highest BCUT2D eigenvalue weighted by molar-refractivity contribution is 6.02. The maximum absolute atomic E-state index is 12.5. The van der Waals surface area contributed by atoms with Gasteiger partial charge < -0.3 is 19.9 Å². The molecular formula is C21H19N3O6. The first-order valence-electron chi connectivity index (χ1n) is 8.86. The van der Waals surface area contributed by atoms with E-state index in [0.29, 0.717) is 22.7 Å². The molecule has 154 valence electrons. The Morgan fingerprint density at radius 1 is 1.07 bits per heavy atom. The van der Waals surface area contributed by atoms with Crippen LogP contribution in [-0.4, -0.2) is 47.3 Å². The van der Waals surface area contributed by atoms with E-state index in [1.165, 1.54) is 14.2 Å². The second-order valence-electron chi connectivity index (χ2n) is 6.13. The topological polar surface area (TPSA) is 120 Å². The van der Waals surface area contributed by atoms with E-state index in [2.05, 4.69) is 10.4 Å². The fraction of sp³-hybridized carbons (Fsp3) is 0.143. The summed E-state index contributed by atoms with van der Waals surface area (Å²) in [5, 5.41) is 16.4. The molecule has 0 aliphatic heterocycles. The number of amides is 1. The van der Waals surface area contributed by atoms with Crippen LogP contribution < -0.4 is 20.3 Å². The van der Waals surface area contributed by atoms with Crippen LogP contribution in [0.25, 0.3) is 5.69 Å². The third-order valence-corrected chi connectivity index (χ3v) is 4.26. The molecule has 2 aromatic carbocycles. The van der Waals surface area contributed by atoms with E-state index in [-0.39, 0.29) is 12.3 Å². The molecule has 0 atom stereocenters. The third-order valence-electron chi connectivity index (χ3n) is 4.26. The Kier molecular flexibility index (Phi) is 6.11. The van der Waals surface area contributed by atoms with Gasteiger partial charge >= 0.3 is 0 Å². The van der Waals surface area contributed by atoms with Gasteiger partial charge in [0, 0.05) is 11.6 Å². The number of methoxy groups -OCH3 is 2. The highest BCUT2D eigenvalue weighted by Crippen LogP contribution is 2.21. The van der Waals surface area contributed by atoms with Gasteiger partial charge in [-0.05, 0) is 36.4 Å². The minimum absolute atomic E-state index is 0.299. The van der Waals surface area contributed by atoms with Gasteiger partial charge in [-0.25, -0.2) is 0 Å². The fourth-order valence-electron chi connectivity index (χ4n) is 2.71. The van der Waals surface area contributed by atoms with E-state index >= 15 is 0 Å². The van der Waals surface area contributed by atoms with Crippen molar-refractivity contribution < 1.29 is 24.2 Å². The number of rotatable bonds is 7. The van der Waals surface area contributed by atoms with E-state index in [0.717, 1.165) is 10.7 Å². The minimum Gasteiger partial charge on any atom is -0.505 e. The first-order valence-corrected chi connectivity index (χ1v) is 8.86. The van der Waals surface area contributed by atoms with Crippen molar-refractivity contribution in [2.75, 3.05) is 20.8 Å². The van der Waals surface area contributed by atoms with Gasteiger partial charge in [0.15, 0.2) is 17.2 Å². The molecular weight excluding hydrogens is 390 g/mol. The number of para-hydroxylation sites is 2. The van der Waals surface area contributed by atoms with Gasteiger partial charge in [0.25, 0.3) is 11.5 Å². The van der Waals surface area contributed by atoms with Crippen LogP contribution in [0.2, 0.25) is 0 Å². The zero-order valence-corrected chi connectivity index (χ0v) is 16.3. The van der Waals surface area contributed by atoms with Crippen LogP contribution in [0.1, 0.15) is 20.8 Å². The van der Waals surface area contributed by atoms with Crippen molar-refractivity contribution in [1.29, 1.82) is 0 Å². The van der Waals surface area contributed by atoms with E-state index in [1.54, 1.807) is 48.5 Å². The van der Waals surface area contributed by atoms with Crippen molar-refractivity contribution in [3.8, 4) is 22.9 Å². The second kappa shape index (κ2) is 8.91. The zero-order valence-electron chi connectivity index (χ0n) is 16.3. The maximum atomic E-state index is 12.5. The van der Waals surface area contributed by atoms with Crippen molar-refractivity contribution in [3.63, 3.8) is 0 Å². The van der Waals surface area contributed by atoms with Gasteiger partial charge in [0.2, 0.25) is 0 Å². The minimum atomic E-state index is -0.807. The van der Waals surface area contributed by atoms with Gasteiger partial charge in [-0.15, -0.1) is 0 Å². The number of carbonyl (C=O) groups is 2. The normalized spacial score (nSPS) is 10.3. The molecule has 9 heteroatoms. The largest absolute Gasteiger partial charge is 0.505 e. The quantitative estimate of drug-likeness (QED) is 0.568. The van der Waals surface area contributed by atoms with Crippen molar-refractivity contribution in [3.05, 3.63) is 76.2 Å². The highest BCUT2D eigenvalue weighted by Gasteiger charge is 2.19. The number of hydrogen-bond donors (Lipinski definition) is 2. The average molecular weight is 409 g/mol. The molecule has 30 heavy (non-hydrogen) atoms. The summed E-state index contributed by atoms with van der Waals surface area (Å²) in [6.07, 6.45) is 0. The van der Waals surface area contributed by atoms with Crippen molar-refractivity contribution in [2.24, 2.45) is 0 Å². The number of aromatic hydroxyl groups is 1.